The highest BCUT2D eigenvalue weighted by atomic mass is 16.5. The number of ether oxygens (including phenoxy) is 1. The molecule has 0 radical (unpaired) electrons. The molecular formula is C10H18O3. The highest BCUT2D eigenvalue weighted by Gasteiger charge is 2.21. The molecule has 0 aromatic carbocycles. The molecule has 0 saturated carbocycles. The van der Waals surface area contributed by atoms with Gasteiger partial charge in [-0.05, 0) is 19.3 Å². The molecule has 1 N–H and O–H groups in total. The van der Waals surface area contributed by atoms with Crippen molar-refractivity contribution in [1.82, 2.24) is 0 Å². The maximum Gasteiger partial charge on any atom is 0.333 e. The van der Waals surface area contributed by atoms with E-state index >= 15 is 0 Å². The molecule has 0 saturated heterocycles. The van der Waals surface area contributed by atoms with Crippen LogP contribution in [0.2, 0.25) is 0 Å². The summed E-state index contributed by atoms with van der Waals surface area (Å²) in [6.45, 7) is 9.71. The van der Waals surface area contributed by atoms with E-state index in [2.05, 4.69) is 6.58 Å². The Balaban J connectivity index is 3.84. The Morgan fingerprint density at radius 2 is 2.08 bits per heavy atom. The first kappa shape index (κ1) is 12.2. The van der Waals surface area contributed by atoms with E-state index in [0.717, 1.165) is 12.0 Å². The van der Waals surface area contributed by atoms with Crippen LogP contribution in [0.15, 0.2) is 12.2 Å². The predicted octanol–water partition coefficient (Wildman–Crippen LogP) is 2.08. The average molecular weight is 186 g/mol. The fraction of sp³-hybridized carbons (Fsp3) is 0.700. The molecule has 0 aromatic rings. The number of aliphatic carboxylic acids is 1. The predicted molar refractivity (Wildman–Crippen MR) is 51.6 cm³/mol. The zero-order valence-corrected chi connectivity index (χ0v) is 8.54. The zero-order chi connectivity index (χ0) is 10.4. The van der Waals surface area contributed by atoms with Crippen molar-refractivity contribution in [2.75, 3.05) is 6.61 Å². The summed E-state index contributed by atoms with van der Waals surface area (Å²) in [6.07, 6.45) is 0.0237. The minimum atomic E-state index is -0.892. The van der Waals surface area contributed by atoms with Crippen LogP contribution in [0.1, 0.15) is 27.2 Å². The third-order valence-corrected chi connectivity index (χ3v) is 1.68. The molecule has 1 unspecified atom stereocenters. The summed E-state index contributed by atoms with van der Waals surface area (Å²) in [5.41, 5.74) is 1.01. The van der Waals surface area contributed by atoms with Crippen molar-refractivity contribution in [3.8, 4) is 0 Å². The molecule has 0 aliphatic carbocycles. The van der Waals surface area contributed by atoms with Gasteiger partial charge in [0.05, 0.1) is 6.61 Å². The van der Waals surface area contributed by atoms with Gasteiger partial charge in [-0.2, -0.15) is 0 Å². The van der Waals surface area contributed by atoms with Gasteiger partial charge in [-0.1, -0.05) is 19.4 Å². The van der Waals surface area contributed by atoms with Crippen molar-refractivity contribution < 1.29 is 14.6 Å². The van der Waals surface area contributed by atoms with E-state index in [9.17, 15) is 4.79 Å². The summed E-state index contributed by atoms with van der Waals surface area (Å²) >= 11 is 0. The molecule has 3 nitrogen and oxygen atoms in total. The second kappa shape index (κ2) is 5.75. The van der Waals surface area contributed by atoms with Gasteiger partial charge in [0.25, 0.3) is 0 Å². The van der Waals surface area contributed by atoms with E-state index in [-0.39, 0.29) is 5.92 Å². The molecule has 0 aliphatic rings. The zero-order valence-electron chi connectivity index (χ0n) is 8.54. The Morgan fingerprint density at radius 3 is 2.38 bits per heavy atom. The van der Waals surface area contributed by atoms with E-state index in [0.29, 0.717) is 6.61 Å². The minimum Gasteiger partial charge on any atom is -0.479 e. The number of rotatable bonds is 6. The Bertz CT molecular complexity index is 185. The van der Waals surface area contributed by atoms with Gasteiger partial charge < -0.3 is 9.84 Å². The van der Waals surface area contributed by atoms with Crippen LogP contribution in [0.5, 0.6) is 0 Å². The third-order valence-electron chi connectivity index (χ3n) is 1.68. The topological polar surface area (TPSA) is 46.5 Å². The molecule has 0 aromatic heterocycles. The highest BCUT2D eigenvalue weighted by molar-refractivity contribution is 5.72. The van der Waals surface area contributed by atoms with Crippen LogP contribution in [0.4, 0.5) is 0 Å². The van der Waals surface area contributed by atoms with Gasteiger partial charge in [0.1, 0.15) is 0 Å². The highest BCUT2D eigenvalue weighted by Crippen LogP contribution is 2.08. The first-order valence-electron chi connectivity index (χ1n) is 4.44. The second-order valence-electron chi connectivity index (χ2n) is 3.58. The minimum absolute atomic E-state index is 0.00243. The SMILES string of the molecule is C=C(C)CCOC(C(=O)O)C(C)C. The van der Waals surface area contributed by atoms with Crippen LogP contribution in [-0.4, -0.2) is 23.8 Å². The molecule has 76 valence electrons. The Kier molecular flexibility index (Phi) is 5.39. The monoisotopic (exact) mass is 186 g/mol. The molecular weight excluding hydrogens is 168 g/mol. The number of hydrogen-bond donors (Lipinski definition) is 1. The van der Waals surface area contributed by atoms with Gasteiger partial charge in [-0.25, -0.2) is 4.79 Å². The molecule has 0 rings (SSSR count). The molecule has 0 bridgehead atoms. The molecule has 0 aliphatic heterocycles. The third kappa shape index (κ3) is 5.42. The number of carbonyl (C=O) groups is 1. The summed E-state index contributed by atoms with van der Waals surface area (Å²) in [4.78, 5) is 10.7. The van der Waals surface area contributed by atoms with Gasteiger partial charge in [-0.3, -0.25) is 0 Å². The van der Waals surface area contributed by atoms with Crippen LogP contribution in [0.3, 0.4) is 0 Å². The van der Waals surface area contributed by atoms with Gasteiger partial charge in [-0.15, -0.1) is 6.58 Å². The fourth-order valence-corrected chi connectivity index (χ4v) is 0.909. The molecule has 0 heterocycles. The molecule has 0 fully saturated rings. The average Bonchev–Trinajstić information content (AvgIpc) is 1.95. The smallest absolute Gasteiger partial charge is 0.333 e. The first-order chi connectivity index (χ1) is 5.95. The summed E-state index contributed by atoms with van der Waals surface area (Å²) in [5, 5.41) is 8.76. The summed E-state index contributed by atoms with van der Waals surface area (Å²) in [6, 6.07) is 0. The molecule has 1 atom stereocenters. The van der Waals surface area contributed by atoms with Crippen LogP contribution in [-0.2, 0) is 9.53 Å². The molecule has 0 spiro atoms. The van der Waals surface area contributed by atoms with Gasteiger partial charge in [0, 0.05) is 0 Å². The summed E-state index contributed by atoms with van der Waals surface area (Å²) in [7, 11) is 0. The summed E-state index contributed by atoms with van der Waals surface area (Å²) in [5.74, 6) is -0.890. The maximum atomic E-state index is 10.7. The normalized spacial score (nSPS) is 12.9. The van der Waals surface area contributed by atoms with E-state index < -0.39 is 12.1 Å². The van der Waals surface area contributed by atoms with Crippen LogP contribution < -0.4 is 0 Å². The molecule has 13 heavy (non-hydrogen) atoms. The second-order valence-corrected chi connectivity index (χ2v) is 3.58. The lowest BCUT2D eigenvalue weighted by atomic mass is 10.1. The number of carboxylic acids is 1. The molecule has 3 heteroatoms. The van der Waals surface area contributed by atoms with Crippen molar-refractivity contribution in [1.29, 1.82) is 0 Å². The van der Waals surface area contributed by atoms with Crippen molar-refractivity contribution in [3.05, 3.63) is 12.2 Å². The lowest BCUT2D eigenvalue weighted by Gasteiger charge is -2.16. The summed E-state index contributed by atoms with van der Waals surface area (Å²) < 4.78 is 5.22. The van der Waals surface area contributed by atoms with Crippen molar-refractivity contribution >= 4 is 5.97 Å². The van der Waals surface area contributed by atoms with Crippen molar-refractivity contribution in [2.45, 2.75) is 33.3 Å². The Hall–Kier alpha value is -0.830. The van der Waals surface area contributed by atoms with Crippen molar-refractivity contribution in [2.24, 2.45) is 5.92 Å². The van der Waals surface area contributed by atoms with Gasteiger partial charge in [0.15, 0.2) is 6.10 Å². The van der Waals surface area contributed by atoms with Crippen LogP contribution >= 0.6 is 0 Å². The maximum absolute atomic E-state index is 10.7. The number of hydrogen-bond acceptors (Lipinski definition) is 2. The van der Waals surface area contributed by atoms with E-state index in [1.54, 1.807) is 0 Å². The fourth-order valence-electron chi connectivity index (χ4n) is 0.909. The van der Waals surface area contributed by atoms with Gasteiger partial charge in [0.2, 0.25) is 0 Å². The van der Waals surface area contributed by atoms with Crippen LogP contribution in [0, 0.1) is 5.92 Å². The lowest BCUT2D eigenvalue weighted by Crippen LogP contribution is -2.29. The van der Waals surface area contributed by atoms with Gasteiger partial charge >= 0.3 is 5.97 Å². The largest absolute Gasteiger partial charge is 0.479 e. The van der Waals surface area contributed by atoms with E-state index in [1.807, 2.05) is 20.8 Å². The Morgan fingerprint density at radius 1 is 1.54 bits per heavy atom. The van der Waals surface area contributed by atoms with E-state index in [1.165, 1.54) is 0 Å². The first-order valence-corrected chi connectivity index (χ1v) is 4.44. The van der Waals surface area contributed by atoms with Crippen molar-refractivity contribution in [3.63, 3.8) is 0 Å². The van der Waals surface area contributed by atoms with E-state index in [4.69, 9.17) is 9.84 Å². The lowest BCUT2D eigenvalue weighted by molar-refractivity contribution is -0.153. The number of carboxylic acid groups (broad SMARTS) is 1. The van der Waals surface area contributed by atoms with Crippen LogP contribution in [0.25, 0.3) is 0 Å². The quantitative estimate of drug-likeness (QED) is 0.646. The Labute approximate surface area is 79.4 Å². The standard InChI is InChI=1S/C10H18O3/c1-7(2)5-6-13-9(8(3)4)10(11)12/h8-9H,1,5-6H2,2-4H3,(H,11,12). The molecule has 0 amide bonds.